The molecule has 0 atom stereocenters. The van der Waals surface area contributed by atoms with Gasteiger partial charge < -0.3 is 11.1 Å². The van der Waals surface area contributed by atoms with E-state index >= 15 is 0 Å². The largest absolute Gasteiger partial charge is 0.399 e. The van der Waals surface area contributed by atoms with Gasteiger partial charge in [0, 0.05) is 17.8 Å². The minimum absolute atomic E-state index is 0.000985. The summed E-state index contributed by atoms with van der Waals surface area (Å²) in [6, 6.07) is 7.07. The van der Waals surface area contributed by atoms with Gasteiger partial charge in [0.15, 0.2) is 0 Å². The van der Waals surface area contributed by atoms with Crippen molar-refractivity contribution in [1.82, 2.24) is 5.32 Å². The topological polar surface area (TPSA) is 55.1 Å². The monoisotopic (exact) mass is 346 g/mol. The Morgan fingerprint density at radius 1 is 0.760 bits per heavy atom. The molecule has 1 rings (SSSR count). The van der Waals surface area contributed by atoms with Crippen LogP contribution >= 0.6 is 0 Å². The summed E-state index contributed by atoms with van der Waals surface area (Å²) in [5, 5.41) is 2.98. The molecule has 0 aliphatic carbocycles. The molecule has 0 unspecified atom stereocenters. The van der Waals surface area contributed by atoms with Crippen molar-refractivity contribution in [1.29, 1.82) is 0 Å². The summed E-state index contributed by atoms with van der Waals surface area (Å²) < 4.78 is 0. The molecule has 25 heavy (non-hydrogen) atoms. The lowest BCUT2D eigenvalue weighted by molar-refractivity contribution is 0.0953. The second-order valence-electron chi connectivity index (χ2n) is 7.12. The van der Waals surface area contributed by atoms with Crippen LogP contribution in [0.3, 0.4) is 0 Å². The maximum Gasteiger partial charge on any atom is 0.251 e. The molecule has 142 valence electrons. The summed E-state index contributed by atoms with van der Waals surface area (Å²) in [6.07, 6.45) is 17.5. The van der Waals surface area contributed by atoms with Gasteiger partial charge in [-0.1, -0.05) is 84.0 Å². The van der Waals surface area contributed by atoms with Gasteiger partial charge in [0.2, 0.25) is 0 Å². The summed E-state index contributed by atoms with van der Waals surface area (Å²) in [5.74, 6) is -0.000985. The number of unbranched alkanes of at least 4 members (excludes halogenated alkanes) is 12. The van der Waals surface area contributed by atoms with Crippen LogP contribution in [-0.4, -0.2) is 12.5 Å². The van der Waals surface area contributed by atoms with E-state index in [1.165, 1.54) is 77.0 Å². The molecule has 0 bridgehead atoms. The fourth-order valence-electron chi connectivity index (χ4n) is 3.08. The number of hydrogen-bond donors (Lipinski definition) is 2. The van der Waals surface area contributed by atoms with Gasteiger partial charge in [-0.25, -0.2) is 0 Å². The molecule has 0 fully saturated rings. The molecule has 0 saturated heterocycles. The highest BCUT2D eigenvalue weighted by Gasteiger charge is 2.03. The zero-order valence-corrected chi connectivity index (χ0v) is 16.2. The first-order valence-corrected chi connectivity index (χ1v) is 10.4. The smallest absolute Gasteiger partial charge is 0.251 e. The molecule has 1 amide bonds. The number of carbonyl (C=O) groups is 1. The number of benzene rings is 1. The van der Waals surface area contributed by atoms with Gasteiger partial charge in [-0.2, -0.15) is 0 Å². The van der Waals surface area contributed by atoms with Gasteiger partial charge in [0.05, 0.1) is 0 Å². The van der Waals surface area contributed by atoms with Crippen molar-refractivity contribution in [2.75, 3.05) is 12.3 Å². The summed E-state index contributed by atoms with van der Waals surface area (Å²) in [7, 11) is 0. The van der Waals surface area contributed by atoms with Crippen LogP contribution in [0.15, 0.2) is 24.3 Å². The van der Waals surface area contributed by atoms with Crippen LogP contribution < -0.4 is 11.1 Å². The van der Waals surface area contributed by atoms with Crippen LogP contribution in [0, 0.1) is 0 Å². The van der Waals surface area contributed by atoms with Crippen molar-refractivity contribution in [3.63, 3.8) is 0 Å². The lowest BCUT2D eigenvalue weighted by atomic mass is 10.0. The van der Waals surface area contributed by atoms with Gasteiger partial charge in [-0.3, -0.25) is 4.79 Å². The van der Waals surface area contributed by atoms with E-state index in [0.29, 0.717) is 11.3 Å². The zero-order chi connectivity index (χ0) is 18.2. The number of anilines is 1. The van der Waals surface area contributed by atoms with E-state index in [4.69, 9.17) is 5.73 Å². The molecule has 0 aliphatic rings. The Labute approximate surface area is 154 Å². The quantitative estimate of drug-likeness (QED) is 0.298. The summed E-state index contributed by atoms with van der Waals surface area (Å²) in [5.41, 5.74) is 7.00. The molecular weight excluding hydrogens is 308 g/mol. The number of rotatable bonds is 15. The molecule has 0 saturated carbocycles. The highest BCUT2D eigenvalue weighted by Crippen LogP contribution is 2.12. The highest BCUT2D eigenvalue weighted by molar-refractivity contribution is 5.94. The molecule has 3 nitrogen and oxygen atoms in total. The van der Waals surface area contributed by atoms with Gasteiger partial charge in [-0.15, -0.1) is 0 Å². The number of nitrogens with two attached hydrogens (primary N) is 1. The normalized spacial score (nSPS) is 10.8. The van der Waals surface area contributed by atoms with Crippen molar-refractivity contribution < 1.29 is 4.79 Å². The summed E-state index contributed by atoms with van der Waals surface area (Å²) in [6.45, 7) is 3.04. The summed E-state index contributed by atoms with van der Waals surface area (Å²) in [4.78, 5) is 11.9. The first-order chi connectivity index (χ1) is 12.2. The third-order valence-electron chi connectivity index (χ3n) is 4.74. The lowest BCUT2D eigenvalue weighted by Crippen LogP contribution is -2.24. The van der Waals surface area contributed by atoms with Crippen LogP contribution in [0.25, 0.3) is 0 Å². The maximum absolute atomic E-state index is 11.9. The Hall–Kier alpha value is -1.51. The molecule has 0 spiro atoms. The molecule has 0 aromatic heterocycles. The van der Waals surface area contributed by atoms with Crippen molar-refractivity contribution in [2.45, 2.75) is 90.4 Å². The number of hydrogen-bond acceptors (Lipinski definition) is 2. The van der Waals surface area contributed by atoms with Crippen LogP contribution in [0.1, 0.15) is 101 Å². The number of carbonyl (C=O) groups excluding carboxylic acids is 1. The zero-order valence-electron chi connectivity index (χ0n) is 16.2. The van der Waals surface area contributed by atoms with Gasteiger partial charge >= 0.3 is 0 Å². The van der Waals surface area contributed by atoms with Gasteiger partial charge in [0.1, 0.15) is 0 Å². The molecule has 3 heteroatoms. The van der Waals surface area contributed by atoms with Gasteiger partial charge in [0.25, 0.3) is 5.91 Å². The first-order valence-electron chi connectivity index (χ1n) is 10.4. The average molecular weight is 347 g/mol. The molecule has 3 N–H and O–H groups in total. The van der Waals surface area contributed by atoms with Crippen LogP contribution in [0.2, 0.25) is 0 Å². The van der Waals surface area contributed by atoms with Crippen molar-refractivity contribution >= 4 is 11.6 Å². The van der Waals surface area contributed by atoms with E-state index < -0.39 is 0 Å². The molecular formula is C22H38N2O. The average Bonchev–Trinajstić information content (AvgIpc) is 2.62. The maximum atomic E-state index is 11.9. The molecule has 1 aromatic carbocycles. The number of amides is 1. The highest BCUT2D eigenvalue weighted by atomic mass is 16.1. The van der Waals surface area contributed by atoms with E-state index in [-0.39, 0.29) is 5.91 Å². The van der Waals surface area contributed by atoms with Crippen molar-refractivity contribution in [3.8, 4) is 0 Å². The van der Waals surface area contributed by atoms with Crippen molar-refractivity contribution in [2.24, 2.45) is 0 Å². The van der Waals surface area contributed by atoms with Crippen molar-refractivity contribution in [3.05, 3.63) is 29.8 Å². The standard InChI is InChI=1S/C22H38N2O/c1-2-3-4-5-6-7-8-9-10-11-12-13-14-19-24-22(25)20-15-17-21(23)18-16-20/h15-18H,2-14,19,23H2,1H3,(H,24,25). The number of nitrogen functional groups attached to an aromatic ring is 1. The molecule has 0 heterocycles. The van der Waals surface area contributed by atoms with Crippen LogP contribution in [0.5, 0.6) is 0 Å². The molecule has 0 aliphatic heterocycles. The Balaban J connectivity index is 1.84. The third-order valence-corrected chi connectivity index (χ3v) is 4.74. The Morgan fingerprint density at radius 3 is 1.68 bits per heavy atom. The lowest BCUT2D eigenvalue weighted by Gasteiger charge is -2.06. The van der Waals surface area contributed by atoms with E-state index in [2.05, 4.69) is 12.2 Å². The molecule has 1 aromatic rings. The Bertz CT molecular complexity index is 442. The predicted octanol–water partition coefficient (Wildman–Crippen LogP) is 6.09. The summed E-state index contributed by atoms with van der Waals surface area (Å²) >= 11 is 0. The Morgan fingerprint density at radius 2 is 1.20 bits per heavy atom. The van der Waals surface area contributed by atoms with E-state index in [0.717, 1.165) is 13.0 Å². The van der Waals surface area contributed by atoms with Gasteiger partial charge in [-0.05, 0) is 30.7 Å². The minimum atomic E-state index is -0.000985. The minimum Gasteiger partial charge on any atom is -0.399 e. The SMILES string of the molecule is CCCCCCCCCCCCCCCNC(=O)c1ccc(N)cc1. The first kappa shape index (κ1) is 21.5. The second kappa shape index (κ2) is 14.8. The van der Waals surface area contributed by atoms with E-state index in [1.54, 1.807) is 24.3 Å². The molecule has 0 radical (unpaired) electrons. The fraction of sp³-hybridized carbons (Fsp3) is 0.682. The van der Waals surface area contributed by atoms with E-state index in [1.807, 2.05) is 0 Å². The van der Waals surface area contributed by atoms with E-state index in [9.17, 15) is 4.79 Å². The number of nitrogens with one attached hydrogen (secondary N) is 1. The fourth-order valence-corrected chi connectivity index (χ4v) is 3.08. The second-order valence-corrected chi connectivity index (χ2v) is 7.12. The third kappa shape index (κ3) is 11.6. The van der Waals surface area contributed by atoms with Crippen LogP contribution in [0.4, 0.5) is 5.69 Å². The Kier molecular flexibility index (Phi) is 12.7. The predicted molar refractivity (Wildman–Crippen MR) is 109 cm³/mol. The van der Waals surface area contributed by atoms with Crippen LogP contribution in [-0.2, 0) is 0 Å².